The van der Waals surface area contributed by atoms with Crippen molar-refractivity contribution in [2.24, 2.45) is 35.5 Å². The van der Waals surface area contributed by atoms with Crippen LogP contribution < -0.4 is 22.4 Å². The number of hydrogen-bond acceptors (Lipinski definition) is 13. The molecule has 102 heavy (non-hydrogen) atoms. The van der Waals surface area contributed by atoms with Crippen LogP contribution in [0.25, 0.3) is 32.7 Å². The van der Waals surface area contributed by atoms with E-state index < -0.39 is 5.97 Å². The Morgan fingerprint density at radius 2 is 0.716 bits per heavy atom. The number of nitrogens with zero attached hydrogens (tertiary/aromatic N) is 9. The maximum atomic E-state index is 13.7. The van der Waals surface area contributed by atoms with E-state index in [0.29, 0.717) is 86.9 Å². The predicted octanol–water partition coefficient (Wildman–Crippen LogP) is 15.5. The third-order valence-corrected chi connectivity index (χ3v) is 27.8. The van der Waals surface area contributed by atoms with Gasteiger partial charge < -0.3 is 4.74 Å². The van der Waals surface area contributed by atoms with Gasteiger partial charge in [0.05, 0.1) is 45.9 Å². The van der Waals surface area contributed by atoms with Gasteiger partial charge in [0.1, 0.15) is 5.78 Å². The van der Waals surface area contributed by atoms with Crippen LogP contribution >= 0.6 is 0 Å². The second-order valence-electron chi connectivity index (χ2n) is 34.2. The highest BCUT2D eigenvalue weighted by Gasteiger charge is 2.50. The number of ether oxygens (including phenoxy) is 1. The molecule has 18 rings (SSSR count). The zero-order valence-electron chi connectivity index (χ0n) is 60.6. The molecule has 6 aromatic rings. The smallest absolute Gasteiger partial charge is 0.374 e. The summed E-state index contributed by atoms with van der Waals surface area (Å²) in [5, 5.41) is 1.76. The second-order valence-corrected chi connectivity index (χ2v) is 34.2. The third kappa shape index (κ3) is 14.1. The first-order chi connectivity index (χ1) is 49.2. The Morgan fingerprint density at radius 1 is 0.382 bits per heavy atom. The molecule has 0 amide bonds. The van der Waals surface area contributed by atoms with E-state index in [4.69, 9.17) is 4.74 Å². The van der Waals surface area contributed by atoms with Crippen molar-refractivity contribution in [3.8, 4) is 0 Å². The lowest BCUT2D eigenvalue weighted by Gasteiger charge is -2.55. The molecule has 0 N–H and O–H groups in total. The van der Waals surface area contributed by atoms with E-state index in [2.05, 4.69) is 24.7 Å². The van der Waals surface area contributed by atoms with E-state index in [1.807, 2.05) is 54.6 Å². The largest absolute Gasteiger partial charge is 0.460 e. The van der Waals surface area contributed by atoms with E-state index in [1.54, 1.807) is 41.2 Å². The summed E-state index contributed by atoms with van der Waals surface area (Å²) in [6.45, 7) is 5.13. The number of piperidine rings is 6. The van der Waals surface area contributed by atoms with Crippen molar-refractivity contribution in [1.29, 1.82) is 0 Å². The van der Waals surface area contributed by atoms with Crippen molar-refractivity contribution < 1.29 is 19.1 Å². The average molecular weight is 1390 g/mol. The Bertz CT molecular complexity index is 4230. The molecule has 12 bridgehead atoms. The van der Waals surface area contributed by atoms with E-state index in [0.717, 1.165) is 80.1 Å². The summed E-state index contributed by atoms with van der Waals surface area (Å²) in [7, 11) is 0. The van der Waals surface area contributed by atoms with Gasteiger partial charge in [0.15, 0.2) is 11.6 Å². The summed E-state index contributed by atoms with van der Waals surface area (Å²) >= 11 is 0. The van der Waals surface area contributed by atoms with Crippen molar-refractivity contribution >= 4 is 50.2 Å². The van der Waals surface area contributed by atoms with Gasteiger partial charge in [-0.2, -0.15) is 0 Å². The summed E-state index contributed by atoms with van der Waals surface area (Å²) in [6, 6.07) is 27.1. The van der Waals surface area contributed by atoms with Crippen molar-refractivity contribution in [1.82, 2.24) is 42.9 Å². The van der Waals surface area contributed by atoms with E-state index in [-0.39, 0.29) is 78.5 Å². The molecule has 17 heteroatoms. The van der Waals surface area contributed by atoms with Gasteiger partial charge in [-0.3, -0.25) is 56.9 Å². The predicted molar refractivity (Wildman–Crippen MR) is 402 cm³/mol. The molecule has 6 saturated heterocycles. The lowest BCUT2D eigenvalue weighted by molar-refractivity contribution is -0.117. The van der Waals surface area contributed by atoms with Crippen LogP contribution in [0.4, 0.5) is 0 Å². The monoisotopic (exact) mass is 1390 g/mol. The topological polar surface area (TPSA) is 184 Å². The number of esters is 1. The zero-order valence-corrected chi connectivity index (χ0v) is 60.6. The Kier molecular flexibility index (Phi) is 21.3. The van der Waals surface area contributed by atoms with Crippen molar-refractivity contribution in [2.45, 2.75) is 326 Å². The Hall–Kier alpha value is -6.43. The fourth-order valence-corrected chi connectivity index (χ4v) is 24.2. The van der Waals surface area contributed by atoms with Crippen LogP contribution in [0.1, 0.15) is 286 Å². The summed E-state index contributed by atoms with van der Waals surface area (Å²) in [6.07, 6.45) is 43.2. The fraction of sp³-hybridized carbons (Fsp3) is 0.682. The number of para-hydroxylation sites is 3. The molecule has 3 aromatic heterocycles. The standard InChI is InChI=1S/C29H39N3O3.C28H37N3O3.C27H35N3O2.CH4/c1-19(33)18-30-27-12-5-4-11-26(27)28(34)32(29(30)35)25-16-22-9-6-10-23(17-25)31(22)24-14-20-7-2-3-8-21(13-20)15-24;1-2-34-28(33)26-29-25-12-4-3-11-24(25)27(32)31(26)23-16-20-9-6-10-21(17-23)30(20)22-14-18-7-5-8-19(13-18)15-22;1-17(31)26-28-25-11-3-2-10-24(25)27(32)30(26)23-15-20-8-5-9-21(16-23)29(20)22-13-18-6-4-7-19(12-18)14-22;/h4-5,11-12,20-25H,2-3,6-10,13-18H2,1H3;3-4,11-12,18-23H,2,5-10,13-17H2,1H3;2-3,10-11,18-23H,4-9,12-16H2,1H3;1H4/t20-,21+,22-,23+,24?,25?;2*18-,19+,20-,21+,22?,23?;. The molecular weight excluding hydrogens is 1270 g/mol. The molecule has 12 aliphatic rings. The fourth-order valence-electron chi connectivity index (χ4n) is 24.2. The van der Waals surface area contributed by atoms with E-state index >= 15 is 0 Å². The van der Waals surface area contributed by atoms with Gasteiger partial charge in [0.2, 0.25) is 5.82 Å². The number of fused-ring (bicyclic) bond motifs is 15. The van der Waals surface area contributed by atoms with Crippen LogP contribution in [0.3, 0.4) is 0 Å². The molecule has 548 valence electrons. The maximum absolute atomic E-state index is 13.7. The first kappa shape index (κ1) is 71.2. The van der Waals surface area contributed by atoms with Crippen LogP contribution in [-0.2, 0) is 16.1 Å². The molecule has 9 heterocycles. The normalized spacial score (nSPS) is 33.6. The lowest BCUT2D eigenvalue weighted by Crippen LogP contribution is -2.59. The molecule has 6 aliphatic heterocycles. The SMILES string of the molecule is C.CC(=O)Cn1c(=O)n(C2C[C@H]3CCC[C@@H](C2)N3C2C[C@H]3CCCC[C@@H](C2)C3)c(=O)c2ccccc21.CC(=O)c1nc2ccccc2c(=O)n1C1C[C@H]2CCC[C@@H](C1)N2C1C[C@H]2CCC[C@@H](C1)C2.CCOC(=O)c1nc2ccccc2c(=O)n1C1C[C@H]2CCC[C@@H](C1)N2C1C[C@H]2CCC[C@@H](C1)C2. The van der Waals surface area contributed by atoms with Gasteiger partial charge in [0.25, 0.3) is 16.7 Å². The van der Waals surface area contributed by atoms with Crippen LogP contribution in [0, 0.1) is 35.5 Å². The summed E-state index contributed by atoms with van der Waals surface area (Å²) in [5.41, 5.74) is 1.12. The van der Waals surface area contributed by atoms with Gasteiger partial charge >= 0.3 is 11.7 Å². The second kappa shape index (κ2) is 30.6. The number of Topliss-reactive ketones (excluding diaryl/α,β-unsaturated/α-hetero) is 2. The maximum Gasteiger partial charge on any atom is 0.374 e. The molecule has 0 spiro atoms. The van der Waals surface area contributed by atoms with Crippen LogP contribution in [0.5, 0.6) is 0 Å². The van der Waals surface area contributed by atoms with Crippen molar-refractivity contribution in [2.75, 3.05) is 6.61 Å². The van der Waals surface area contributed by atoms with Crippen LogP contribution in [0.2, 0.25) is 0 Å². The van der Waals surface area contributed by atoms with Gasteiger partial charge in [-0.05, 0) is 221 Å². The van der Waals surface area contributed by atoms with Crippen molar-refractivity contribution in [3.63, 3.8) is 0 Å². The molecule has 17 nitrogen and oxygen atoms in total. The molecule has 6 aliphatic carbocycles. The summed E-state index contributed by atoms with van der Waals surface area (Å²) in [5.74, 6) is 5.32. The molecule has 3 aromatic carbocycles. The minimum absolute atomic E-state index is 0. The number of carbonyl (C=O) groups excluding carboxylic acids is 3. The molecule has 6 unspecified atom stereocenters. The van der Waals surface area contributed by atoms with Crippen LogP contribution in [-0.4, -0.2) is 121 Å². The first-order valence-electron chi connectivity index (χ1n) is 40.5. The van der Waals surface area contributed by atoms with Gasteiger partial charge in [0, 0.05) is 79.4 Å². The first-order valence-corrected chi connectivity index (χ1v) is 40.5. The Labute approximate surface area is 602 Å². The average Bonchev–Trinajstić information content (AvgIpc) is 0.781. The highest BCUT2D eigenvalue weighted by Crippen LogP contribution is 2.51. The Balaban J connectivity index is 0.000000123. The summed E-state index contributed by atoms with van der Waals surface area (Å²) in [4.78, 5) is 110. The number of aromatic nitrogens is 6. The number of rotatable bonds is 11. The quantitative estimate of drug-likeness (QED) is 0.0882. The van der Waals surface area contributed by atoms with Gasteiger partial charge in [-0.15, -0.1) is 0 Å². The number of ketones is 2. The molecular formula is C85H115N9O8. The highest BCUT2D eigenvalue weighted by molar-refractivity contribution is 5.93. The van der Waals surface area contributed by atoms with Crippen molar-refractivity contribution in [3.05, 3.63) is 126 Å². The molecule has 6 saturated carbocycles. The molecule has 0 radical (unpaired) electrons. The number of hydrogen-bond donors (Lipinski definition) is 0. The molecule has 18 atom stereocenters. The molecule has 12 fully saturated rings. The summed E-state index contributed by atoms with van der Waals surface area (Å²) < 4.78 is 11.9. The van der Waals surface area contributed by atoms with E-state index in [1.165, 1.54) is 196 Å². The van der Waals surface area contributed by atoms with Crippen LogP contribution in [0.15, 0.2) is 92.0 Å². The number of carbonyl (C=O) groups is 3. The zero-order chi connectivity index (χ0) is 69.2. The number of benzene rings is 3. The Morgan fingerprint density at radius 3 is 1.11 bits per heavy atom. The minimum atomic E-state index is -0.488. The minimum Gasteiger partial charge on any atom is -0.460 e. The van der Waals surface area contributed by atoms with E-state index in [9.17, 15) is 33.6 Å². The highest BCUT2D eigenvalue weighted by atomic mass is 16.5. The lowest BCUT2D eigenvalue weighted by atomic mass is 9.68. The third-order valence-electron chi connectivity index (χ3n) is 27.8. The van der Waals surface area contributed by atoms with Gasteiger partial charge in [-0.1, -0.05) is 127 Å². The van der Waals surface area contributed by atoms with Gasteiger partial charge in [-0.25, -0.2) is 19.6 Å².